The van der Waals surface area contributed by atoms with Gasteiger partial charge in [-0.2, -0.15) is 5.26 Å². The zero-order valence-electron chi connectivity index (χ0n) is 17.1. The summed E-state index contributed by atoms with van der Waals surface area (Å²) in [5, 5.41) is 12.9. The molecule has 2 aromatic heterocycles. The van der Waals surface area contributed by atoms with Crippen LogP contribution in [0.5, 0.6) is 0 Å². The highest BCUT2D eigenvalue weighted by molar-refractivity contribution is 7.16. The van der Waals surface area contributed by atoms with E-state index in [4.69, 9.17) is 4.74 Å². The number of benzene rings is 1. The summed E-state index contributed by atoms with van der Waals surface area (Å²) in [6.07, 6.45) is 6.72. The number of imidazole rings is 1. The summed E-state index contributed by atoms with van der Waals surface area (Å²) >= 11 is 1.45. The number of anilines is 1. The molecule has 0 radical (unpaired) electrons. The Labute approximate surface area is 184 Å². The van der Waals surface area contributed by atoms with Gasteiger partial charge in [-0.15, -0.1) is 11.3 Å². The van der Waals surface area contributed by atoms with Crippen molar-refractivity contribution in [1.82, 2.24) is 9.97 Å². The standard InChI is InChI=1S/C23H22N4O3S/c1-2-18(21(28)27-22-17(13-24)16-5-3-4-6-19(16)31-22)30-23(29)15-9-7-14(8-10-15)20-25-11-12-26-20/h7-12,18H,2-6H2,1H3,(H,25,26)(H,27,28). The van der Waals surface area contributed by atoms with Crippen LogP contribution in [0.25, 0.3) is 11.4 Å². The maximum Gasteiger partial charge on any atom is 0.338 e. The van der Waals surface area contributed by atoms with Gasteiger partial charge in [-0.3, -0.25) is 4.79 Å². The van der Waals surface area contributed by atoms with Gasteiger partial charge in [0.2, 0.25) is 0 Å². The van der Waals surface area contributed by atoms with E-state index in [-0.39, 0.29) is 0 Å². The molecule has 1 atom stereocenters. The van der Waals surface area contributed by atoms with E-state index in [2.05, 4.69) is 21.4 Å². The van der Waals surface area contributed by atoms with Crippen molar-refractivity contribution in [1.29, 1.82) is 5.26 Å². The van der Waals surface area contributed by atoms with Crippen LogP contribution in [-0.4, -0.2) is 27.9 Å². The van der Waals surface area contributed by atoms with Crippen molar-refractivity contribution in [2.45, 2.75) is 45.1 Å². The van der Waals surface area contributed by atoms with E-state index in [0.29, 0.717) is 28.4 Å². The van der Waals surface area contributed by atoms with Crippen molar-refractivity contribution in [3.05, 3.63) is 58.2 Å². The molecule has 31 heavy (non-hydrogen) atoms. The molecule has 1 aliphatic rings. The lowest BCUT2D eigenvalue weighted by atomic mass is 9.96. The largest absolute Gasteiger partial charge is 0.449 e. The van der Waals surface area contributed by atoms with Crippen LogP contribution in [0.4, 0.5) is 5.00 Å². The van der Waals surface area contributed by atoms with Crippen LogP contribution < -0.4 is 5.32 Å². The van der Waals surface area contributed by atoms with Gasteiger partial charge in [0.25, 0.3) is 5.91 Å². The van der Waals surface area contributed by atoms with Crippen molar-refractivity contribution in [3.8, 4) is 17.5 Å². The molecule has 1 aliphatic carbocycles. The van der Waals surface area contributed by atoms with Gasteiger partial charge in [-0.05, 0) is 49.8 Å². The van der Waals surface area contributed by atoms with Crippen LogP contribution in [-0.2, 0) is 22.4 Å². The molecular formula is C23H22N4O3S. The fraction of sp³-hybridized carbons (Fsp3) is 0.304. The number of ether oxygens (including phenoxy) is 1. The summed E-state index contributed by atoms with van der Waals surface area (Å²) in [4.78, 5) is 33.7. The molecule has 3 aromatic rings. The molecule has 1 amide bonds. The van der Waals surface area contributed by atoms with Gasteiger partial charge in [0, 0.05) is 22.8 Å². The van der Waals surface area contributed by atoms with Crippen LogP contribution in [0.3, 0.4) is 0 Å². The number of amides is 1. The van der Waals surface area contributed by atoms with Crippen LogP contribution in [0.1, 0.15) is 52.5 Å². The van der Waals surface area contributed by atoms with Gasteiger partial charge in [-0.1, -0.05) is 19.1 Å². The maximum atomic E-state index is 12.8. The van der Waals surface area contributed by atoms with Gasteiger partial charge in [0.05, 0.1) is 11.1 Å². The number of nitrogens with zero attached hydrogens (tertiary/aromatic N) is 2. The second-order valence-corrected chi connectivity index (χ2v) is 8.44. The molecule has 4 rings (SSSR count). The monoisotopic (exact) mass is 434 g/mol. The third kappa shape index (κ3) is 4.37. The van der Waals surface area contributed by atoms with Gasteiger partial charge in [-0.25, -0.2) is 9.78 Å². The first-order chi connectivity index (χ1) is 15.1. The number of hydrogen-bond acceptors (Lipinski definition) is 6. The lowest BCUT2D eigenvalue weighted by Gasteiger charge is -2.16. The molecule has 0 fully saturated rings. The van der Waals surface area contributed by atoms with E-state index in [1.807, 2.05) is 0 Å². The summed E-state index contributed by atoms with van der Waals surface area (Å²) in [6.45, 7) is 1.78. The molecule has 0 spiro atoms. The van der Waals surface area contributed by atoms with Crippen LogP contribution in [0.15, 0.2) is 36.7 Å². The van der Waals surface area contributed by atoms with Gasteiger partial charge in [0.1, 0.15) is 16.9 Å². The van der Waals surface area contributed by atoms with Crippen molar-refractivity contribution in [3.63, 3.8) is 0 Å². The summed E-state index contributed by atoms with van der Waals surface area (Å²) in [5.74, 6) is -0.283. The van der Waals surface area contributed by atoms with E-state index in [1.54, 1.807) is 43.6 Å². The van der Waals surface area contributed by atoms with E-state index in [9.17, 15) is 14.9 Å². The first-order valence-electron chi connectivity index (χ1n) is 10.3. The predicted molar refractivity (Wildman–Crippen MR) is 118 cm³/mol. The Kier molecular flexibility index (Phi) is 6.14. The Bertz CT molecular complexity index is 1130. The Hall–Kier alpha value is -3.44. The van der Waals surface area contributed by atoms with Gasteiger partial charge < -0.3 is 15.0 Å². The second kappa shape index (κ2) is 9.14. The molecule has 0 bridgehead atoms. The third-order valence-corrected chi connectivity index (χ3v) is 6.53. The minimum Gasteiger partial charge on any atom is -0.449 e. The highest BCUT2D eigenvalue weighted by Crippen LogP contribution is 2.37. The topological polar surface area (TPSA) is 108 Å². The third-order valence-electron chi connectivity index (χ3n) is 5.32. The molecule has 8 heteroatoms. The molecule has 0 saturated heterocycles. The number of esters is 1. The first kappa shape index (κ1) is 20.8. The second-order valence-electron chi connectivity index (χ2n) is 7.33. The number of carbonyl (C=O) groups excluding carboxylic acids is 2. The molecule has 1 unspecified atom stereocenters. The Balaban J connectivity index is 1.44. The summed E-state index contributed by atoms with van der Waals surface area (Å²) < 4.78 is 5.47. The number of thiophene rings is 1. The van der Waals surface area contributed by atoms with Gasteiger partial charge in [0.15, 0.2) is 6.10 Å². The van der Waals surface area contributed by atoms with Crippen molar-refractivity contribution in [2.75, 3.05) is 5.32 Å². The number of aromatic amines is 1. The lowest BCUT2D eigenvalue weighted by Crippen LogP contribution is -2.32. The van der Waals surface area contributed by atoms with Crippen molar-refractivity contribution in [2.24, 2.45) is 0 Å². The molecule has 7 nitrogen and oxygen atoms in total. The van der Waals surface area contributed by atoms with Crippen LogP contribution in [0, 0.1) is 11.3 Å². The number of hydrogen-bond donors (Lipinski definition) is 2. The zero-order valence-corrected chi connectivity index (χ0v) is 17.9. The SMILES string of the molecule is CCC(OC(=O)c1ccc(-c2ncc[nH]2)cc1)C(=O)Nc1sc2c(c1C#N)CCCC2. The minimum atomic E-state index is -0.942. The Morgan fingerprint density at radius 2 is 2.06 bits per heavy atom. The highest BCUT2D eigenvalue weighted by atomic mass is 32.1. The molecule has 158 valence electrons. The number of nitriles is 1. The van der Waals surface area contributed by atoms with E-state index in [0.717, 1.165) is 36.8 Å². The van der Waals surface area contributed by atoms with Gasteiger partial charge >= 0.3 is 5.97 Å². The normalized spacial score (nSPS) is 13.7. The van der Waals surface area contributed by atoms with Crippen LogP contribution in [0.2, 0.25) is 0 Å². The van der Waals surface area contributed by atoms with Crippen LogP contribution >= 0.6 is 11.3 Å². The fourth-order valence-electron chi connectivity index (χ4n) is 3.67. The van der Waals surface area contributed by atoms with Crippen molar-refractivity contribution < 1.29 is 14.3 Å². The number of aryl methyl sites for hydroxylation is 1. The highest BCUT2D eigenvalue weighted by Gasteiger charge is 2.26. The van der Waals surface area contributed by atoms with Crippen molar-refractivity contribution >= 4 is 28.2 Å². The quantitative estimate of drug-likeness (QED) is 0.557. The lowest BCUT2D eigenvalue weighted by molar-refractivity contribution is -0.124. The van der Waals surface area contributed by atoms with E-state index < -0.39 is 18.0 Å². The molecule has 2 N–H and O–H groups in total. The number of aromatic nitrogens is 2. The fourth-order valence-corrected chi connectivity index (χ4v) is 4.91. The average Bonchev–Trinajstić information content (AvgIpc) is 3.45. The van der Waals surface area contributed by atoms with E-state index in [1.165, 1.54) is 16.2 Å². The zero-order chi connectivity index (χ0) is 21.8. The molecule has 2 heterocycles. The molecular weight excluding hydrogens is 412 g/mol. The molecule has 1 aromatic carbocycles. The number of rotatable bonds is 6. The smallest absolute Gasteiger partial charge is 0.338 e. The number of nitrogens with one attached hydrogen (secondary N) is 2. The molecule has 0 aliphatic heterocycles. The predicted octanol–water partition coefficient (Wildman–Crippen LogP) is 4.46. The summed E-state index contributed by atoms with van der Waals surface area (Å²) in [7, 11) is 0. The number of carbonyl (C=O) groups is 2. The number of H-pyrrole nitrogens is 1. The average molecular weight is 435 g/mol. The molecule has 0 saturated carbocycles. The Morgan fingerprint density at radius 1 is 1.29 bits per heavy atom. The summed E-state index contributed by atoms with van der Waals surface area (Å²) in [6, 6.07) is 9.06. The first-order valence-corrected chi connectivity index (χ1v) is 11.1. The minimum absolute atomic E-state index is 0.328. The van der Waals surface area contributed by atoms with E-state index >= 15 is 0 Å². The number of fused-ring (bicyclic) bond motifs is 1. The summed E-state index contributed by atoms with van der Waals surface area (Å²) in [5.41, 5.74) is 2.79. The maximum absolute atomic E-state index is 12.8. The Morgan fingerprint density at radius 3 is 2.74 bits per heavy atom.